The van der Waals surface area contributed by atoms with E-state index in [0.29, 0.717) is 23.1 Å². The van der Waals surface area contributed by atoms with Crippen LogP contribution in [0.3, 0.4) is 0 Å². The Labute approximate surface area is 139 Å². The standard InChI is InChI=1S/C17H18N4O3/c22-16(15-11-23-13-5-1-2-6-14(13)24-15)20-12-9-18-17(19-10-12)21-7-3-4-8-21/h1-2,5-6,9-10,15H,3-4,7-8,11H2,(H,20,22). The second kappa shape index (κ2) is 6.35. The van der Waals surface area contributed by atoms with Crippen molar-refractivity contribution in [2.45, 2.75) is 18.9 Å². The van der Waals surface area contributed by atoms with E-state index in [0.717, 1.165) is 13.1 Å². The van der Waals surface area contributed by atoms with E-state index in [9.17, 15) is 4.79 Å². The Morgan fingerprint density at radius 3 is 2.58 bits per heavy atom. The smallest absolute Gasteiger partial charge is 0.269 e. The predicted molar refractivity (Wildman–Crippen MR) is 88.5 cm³/mol. The third-order valence-corrected chi connectivity index (χ3v) is 4.10. The van der Waals surface area contributed by atoms with Crippen LogP contribution in [0.2, 0.25) is 0 Å². The van der Waals surface area contributed by atoms with Crippen LogP contribution in [0.5, 0.6) is 11.5 Å². The minimum absolute atomic E-state index is 0.176. The van der Waals surface area contributed by atoms with Gasteiger partial charge in [0.25, 0.3) is 5.91 Å². The zero-order chi connectivity index (χ0) is 16.4. The molecule has 1 aromatic heterocycles. The molecule has 1 amide bonds. The number of nitrogens with one attached hydrogen (secondary N) is 1. The molecule has 0 saturated carbocycles. The summed E-state index contributed by atoms with van der Waals surface area (Å²) in [5.41, 5.74) is 0.547. The number of nitrogens with zero attached hydrogens (tertiary/aromatic N) is 3. The van der Waals surface area contributed by atoms with Crippen molar-refractivity contribution in [1.29, 1.82) is 0 Å². The number of carbonyl (C=O) groups excluding carboxylic acids is 1. The van der Waals surface area contributed by atoms with Gasteiger partial charge < -0.3 is 19.7 Å². The number of benzene rings is 1. The quantitative estimate of drug-likeness (QED) is 0.928. The molecule has 0 radical (unpaired) electrons. The van der Waals surface area contributed by atoms with Crippen LogP contribution in [0.4, 0.5) is 11.6 Å². The van der Waals surface area contributed by atoms with E-state index in [1.165, 1.54) is 12.8 Å². The molecule has 3 heterocycles. The molecule has 2 aliphatic heterocycles. The molecule has 4 rings (SSSR count). The Hall–Kier alpha value is -2.83. The van der Waals surface area contributed by atoms with E-state index < -0.39 is 6.10 Å². The van der Waals surface area contributed by atoms with Crippen LogP contribution in [0, 0.1) is 0 Å². The summed E-state index contributed by atoms with van der Waals surface area (Å²) in [5, 5.41) is 2.77. The molecule has 1 fully saturated rings. The van der Waals surface area contributed by atoms with Gasteiger partial charge in [-0.05, 0) is 25.0 Å². The Morgan fingerprint density at radius 2 is 1.83 bits per heavy atom. The van der Waals surface area contributed by atoms with Crippen LogP contribution in [0.1, 0.15) is 12.8 Å². The largest absolute Gasteiger partial charge is 0.485 e. The highest BCUT2D eigenvalue weighted by molar-refractivity contribution is 5.94. The average Bonchev–Trinajstić information content (AvgIpc) is 3.16. The summed E-state index contributed by atoms with van der Waals surface area (Å²) in [6, 6.07) is 7.30. The second-order valence-electron chi connectivity index (χ2n) is 5.82. The van der Waals surface area contributed by atoms with E-state index in [1.54, 1.807) is 18.5 Å². The van der Waals surface area contributed by atoms with Crippen LogP contribution < -0.4 is 19.7 Å². The van der Waals surface area contributed by atoms with Gasteiger partial charge in [0.2, 0.25) is 12.1 Å². The van der Waals surface area contributed by atoms with Crippen LogP contribution in [0.25, 0.3) is 0 Å². The predicted octanol–water partition coefficient (Wildman–Crippen LogP) is 1.86. The van der Waals surface area contributed by atoms with E-state index in [4.69, 9.17) is 9.47 Å². The van der Waals surface area contributed by atoms with Crippen molar-refractivity contribution < 1.29 is 14.3 Å². The number of fused-ring (bicyclic) bond motifs is 1. The molecule has 0 spiro atoms. The maximum Gasteiger partial charge on any atom is 0.269 e. The summed E-state index contributed by atoms with van der Waals surface area (Å²) in [6.45, 7) is 2.15. The lowest BCUT2D eigenvalue weighted by Crippen LogP contribution is -2.40. The van der Waals surface area contributed by atoms with E-state index in [1.807, 2.05) is 18.2 Å². The lowest BCUT2D eigenvalue weighted by Gasteiger charge is -2.25. The van der Waals surface area contributed by atoms with Crippen molar-refractivity contribution >= 4 is 17.5 Å². The Bertz CT molecular complexity index is 729. The minimum atomic E-state index is -0.696. The fraction of sp³-hybridized carbons (Fsp3) is 0.353. The van der Waals surface area contributed by atoms with Crippen molar-refractivity contribution in [3.05, 3.63) is 36.7 Å². The molecular weight excluding hydrogens is 308 g/mol. The number of anilines is 2. The topological polar surface area (TPSA) is 76.6 Å². The van der Waals surface area contributed by atoms with Gasteiger partial charge >= 0.3 is 0 Å². The number of ether oxygens (including phenoxy) is 2. The van der Waals surface area contributed by atoms with Crippen LogP contribution in [-0.2, 0) is 4.79 Å². The summed E-state index contributed by atoms with van der Waals surface area (Å²) in [4.78, 5) is 23.1. The molecule has 1 atom stereocenters. The molecular formula is C17H18N4O3. The van der Waals surface area contributed by atoms with E-state index >= 15 is 0 Å². The zero-order valence-corrected chi connectivity index (χ0v) is 13.1. The van der Waals surface area contributed by atoms with Gasteiger partial charge in [-0.2, -0.15) is 0 Å². The summed E-state index contributed by atoms with van der Waals surface area (Å²) in [7, 11) is 0. The number of carbonyl (C=O) groups is 1. The van der Waals surface area contributed by atoms with Gasteiger partial charge in [0.05, 0.1) is 18.1 Å². The van der Waals surface area contributed by atoms with Crippen LogP contribution in [0.15, 0.2) is 36.7 Å². The number of para-hydroxylation sites is 2. The molecule has 7 nitrogen and oxygen atoms in total. The first-order valence-corrected chi connectivity index (χ1v) is 8.06. The fourth-order valence-electron chi connectivity index (χ4n) is 2.84. The first-order valence-electron chi connectivity index (χ1n) is 8.06. The van der Waals surface area contributed by atoms with Crippen molar-refractivity contribution in [3.8, 4) is 11.5 Å². The first kappa shape index (κ1) is 14.7. The summed E-state index contributed by atoms with van der Waals surface area (Å²) < 4.78 is 11.2. The van der Waals surface area contributed by atoms with Crippen LogP contribution in [-0.4, -0.2) is 41.7 Å². The molecule has 7 heteroatoms. The molecule has 1 aromatic carbocycles. The Balaban J connectivity index is 1.39. The van der Waals surface area contributed by atoms with Gasteiger partial charge in [-0.3, -0.25) is 4.79 Å². The number of aromatic nitrogens is 2. The molecule has 1 saturated heterocycles. The zero-order valence-electron chi connectivity index (χ0n) is 13.1. The number of amides is 1. The third-order valence-electron chi connectivity index (χ3n) is 4.10. The van der Waals surface area contributed by atoms with Gasteiger partial charge in [-0.1, -0.05) is 12.1 Å². The second-order valence-corrected chi connectivity index (χ2v) is 5.82. The van der Waals surface area contributed by atoms with Crippen molar-refractivity contribution in [1.82, 2.24) is 9.97 Å². The summed E-state index contributed by atoms with van der Waals surface area (Å²) in [6.07, 6.45) is 4.88. The number of hydrogen-bond donors (Lipinski definition) is 1. The fourth-order valence-corrected chi connectivity index (χ4v) is 2.84. The summed E-state index contributed by atoms with van der Waals surface area (Å²) in [5.74, 6) is 1.66. The lowest BCUT2D eigenvalue weighted by atomic mass is 10.2. The maximum absolute atomic E-state index is 12.3. The van der Waals surface area contributed by atoms with Gasteiger partial charge in [0.15, 0.2) is 11.5 Å². The molecule has 24 heavy (non-hydrogen) atoms. The van der Waals surface area contributed by atoms with Crippen molar-refractivity contribution in [2.24, 2.45) is 0 Å². The van der Waals surface area contributed by atoms with Gasteiger partial charge in [0, 0.05) is 13.1 Å². The van der Waals surface area contributed by atoms with Gasteiger partial charge in [-0.25, -0.2) is 9.97 Å². The molecule has 2 aliphatic rings. The Kier molecular flexibility index (Phi) is 3.90. The van der Waals surface area contributed by atoms with Gasteiger partial charge in [-0.15, -0.1) is 0 Å². The average molecular weight is 326 g/mol. The number of hydrogen-bond acceptors (Lipinski definition) is 6. The third kappa shape index (κ3) is 2.97. The normalized spacial score (nSPS) is 19.2. The minimum Gasteiger partial charge on any atom is -0.485 e. The first-order chi connectivity index (χ1) is 11.8. The molecule has 1 N–H and O–H groups in total. The molecule has 124 valence electrons. The monoisotopic (exact) mass is 326 g/mol. The van der Waals surface area contributed by atoms with E-state index in [2.05, 4.69) is 20.2 Å². The van der Waals surface area contributed by atoms with E-state index in [-0.39, 0.29) is 12.5 Å². The Morgan fingerprint density at radius 1 is 1.12 bits per heavy atom. The lowest BCUT2D eigenvalue weighted by molar-refractivity contribution is -0.125. The maximum atomic E-state index is 12.3. The SMILES string of the molecule is O=C(Nc1cnc(N2CCCC2)nc1)C1COc2ccccc2O1. The molecule has 1 unspecified atom stereocenters. The van der Waals surface area contributed by atoms with Crippen LogP contribution >= 0.6 is 0 Å². The molecule has 0 bridgehead atoms. The molecule has 2 aromatic rings. The van der Waals surface area contributed by atoms with Crippen molar-refractivity contribution in [3.63, 3.8) is 0 Å². The highest BCUT2D eigenvalue weighted by Crippen LogP contribution is 2.31. The van der Waals surface area contributed by atoms with Gasteiger partial charge in [0.1, 0.15) is 6.61 Å². The highest BCUT2D eigenvalue weighted by atomic mass is 16.6. The number of rotatable bonds is 3. The highest BCUT2D eigenvalue weighted by Gasteiger charge is 2.27. The summed E-state index contributed by atoms with van der Waals surface area (Å²) >= 11 is 0. The molecule has 0 aliphatic carbocycles. The van der Waals surface area contributed by atoms with Crippen molar-refractivity contribution in [2.75, 3.05) is 29.9 Å².